The number of aromatic nitrogens is 3. The van der Waals surface area contributed by atoms with Crippen molar-refractivity contribution >= 4 is 23.0 Å². The minimum absolute atomic E-state index is 0.0114. The zero-order chi connectivity index (χ0) is 16.7. The number of hydrogen-bond acceptors (Lipinski definition) is 4. The summed E-state index contributed by atoms with van der Waals surface area (Å²) >= 11 is 5.36. The lowest BCUT2D eigenvalue weighted by Crippen LogP contribution is -1.98. The third-order valence-corrected chi connectivity index (χ3v) is 4.16. The molecule has 0 amide bonds. The molecule has 0 saturated carbocycles. The predicted molar refractivity (Wildman–Crippen MR) is 95.0 cm³/mol. The topological polar surface area (TPSA) is 74.1 Å². The Morgan fingerprint density at radius 1 is 0.917 bits per heavy atom. The molecule has 5 nitrogen and oxygen atoms in total. The van der Waals surface area contributed by atoms with Crippen molar-refractivity contribution in [1.82, 2.24) is 14.8 Å². The van der Waals surface area contributed by atoms with Gasteiger partial charge in [-0.05, 0) is 47.3 Å². The number of rotatable bonds is 2. The molecule has 0 aliphatic rings. The Labute approximate surface area is 142 Å². The fourth-order valence-electron chi connectivity index (χ4n) is 2.74. The maximum absolute atomic E-state index is 10.1. The standard InChI is InChI=1S/C18H13N3O2S/c22-14-7-8-15(16(23)10-14)17-19-20-18(24)21(17)13-6-5-11-3-1-2-4-12(11)9-13/h1-10,22-23H,(H,20,24). The predicted octanol–water partition coefficient (Wildman–Crippen LogP) is 4.16. The lowest BCUT2D eigenvalue weighted by atomic mass is 10.1. The molecule has 4 aromatic rings. The van der Waals surface area contributed by atoms with Crippen LogP contribution >= 0.6 is 12.2 Å². The zero-order valence-electron chi connectivity index (χ0n) is 12.5. The van der Waals surface area contributed by atoms with Gasteiger partial charge in [0.1, 0.15) is 11.5 Å². The lowest BCUT2D eigenvalue weighted by molar-refractivity contribution is 0.451. The number of fused-ring (bicyclic) bond motifs is 1. The lowest BCUT2D eigenvalue weighted by Gasteiger charge is -2.09. The highest BCUT2D eigenvalue weighted by atomic mass is 32.1. The van der Waals surface area contributed by atoms with E-state index >= 15 is 0 Å². The number of aromatic hydroxyl groups is 2. The van der Waals surface area contributed by atoms with E-state index < -0.39 is 0 Å². The third-order valence-electron chi connectivity index (χ3n) is 3.89. The highest BCUT2D eigenvalue weighted by molar-refractivity contribution is 7.71. The van der Waals surface area contributed by atoms with E-state index in [0.717, 1.165) is 16.5 Å². The van der Waals surface area contributed by atoms with E-state index in [1.54, 1.807) is 10.6 Å². The van der Waals surface area contributed by atoms with Crippen LogP contribution in [0.25, 0.3) is 27.8 Å². The molecule has 6 heteroatoms. The molecule has 0 bridgehead atoms. The van der Waals surface area contributed by atoms with Crippen LogP contribution in [0, 0.1) is 4.77 Å². The van der Waals surface area contributed by atoms with Crippen molar-refractivity contribution in [2.75, 3.05) is 0 Å². The Hall–Kier alpha value is -3.12. The van der Waals surface area contributed by atoms with Gasteiger partial charge in [-0.15, -0.1) is 0 Å². The van der Waals surface area contributed by atoms with Crippen molar-refractivity contribution in [3.05, 3.63) is 65.4 Å². The third kappa shape index (κ3) is 2.33. The summed E-state index contributed by atoms with van der Waals surface area (Å²) in [7, 11) is 0. The van der Waals surface area contributed by atoms with Crippen molar-refractivity contribution in [2.45, 2.75) is 0 Å². The van der Waals surface area contributed by atoms with Gasteiger partial charge in [0.25, 0.3) is 0 Å². The Balaban J connectivity index is 1.95. The summed E-state index contributed by atoms with van der Waals surface area (Å²) in [5, 5.41) is 28.8. The van der Waals surface area contributed by atoms with Crippen molar-refractivity contribution < 1.29 is 10.2 Å². The zero-order valence-corrected chi connectivity index (χ0v) is 13.3. The monoisotopic (exact) mass is 335 g/mol. The fourth-order valence-corrected chi connectivity index (χ4v) is 2.98. The molecule has 4 rings (SSSR count). The SMILES string of the molecule is Oc1ccc(-c2n[nH]c(=S)n2-c2ccc3ccccc3c2)c(O)c1. The van der Waals surface area contributed by atoms with Gasteiger partial charge in [-0.25, -0.2) is 0 Å². The molecule has 0 atom stereocenters. The first-order valence-corrected chi connectivity index (χ1v) is 7.73. The second kappa shape index (κ2) is 5.50. The molecule has 0 saturated heterocycles. The molecule has 24 heavy (non-hydrogen) atoms. The Morgan fingerprint density at radius 2 is 1.71 bits per heavy atom. The summed E-state index contributed by atoms with van der Waals surface area (Å²) in [4.78, 5) is 0. The van der Waals surface area contributed by atoms with E-state index in [1.165, 1.54) is 12.1 Å². The molecule has 118 valence electrons. The molecule has 3 N–H and O–H groups in total. The smallest absolute Gasteiger partial charge is 0.200 e. The largest absolute Gasteiger partial charge is 0.508 e. The minimum Gasteiger partial charge on any atom is -0.508 e. The normalized spacial score (nSPS) is 11.0. The summed E-state index contributed by atoms with van der Waals surface area (Å²) < 4.78 is 2.18. The molecule has 0 aliphatic heterocycles. The van der Waals surface area contributed by atoms with E-state index in [4.69, 9.17) is 12.2 Å². The Bertz CT molecular complexity index is 1110. The van der Waals surface area contributed by atoms with Gasteiger partial charge in [-0.2, -0.15) is 5.10 Å². The average molecular weight is 335 g/mol. The van der Waals surface area contributed by atoms with Gasteiger partial charge >= 0.3 is 0 Å². The molecular weight excluding hydrogens is 322 g/mol. The van der Waals surface area contributed by atoms with Gasteiger partial charge < -0.3 is 10.2 Å². The first-order chi connectivity index (χ1) is 11.6. The van der Waals surface area contributed by atoms with Gasteiger partial charge in [0.05, 0.1) is 11.3 Å². The summed E-state index contributed by atoms with van der Waals surface area (Å²) in [6, 6.07) is 18.4. The van der Waals surface area contributed by atoms with Crippen LogP contribution < -0.4 is 0 Å². The number of hydrogen-bond donors (Lipinski definition) is 3. The number of benzene rings is 3. The molecule has 0 fully saturated rings. The minimum atomic E-state index is -0.0639. The summed E-state index contributed by atoms with van der Waals surface area (Å²) in [6.45, 7) is 0. The van der Waals surface area contributed by atoms with Crippen LogP contribution in [0.4, 0.5) is 0 Å². The highest BCUT2D eigenvalue weighted by Crippen LogP contribution is 2.32. The van der Waals surface area contributed by atoms with Crippen LogP contribution in [-0.2, 0) is 0 Å². The maximum Gasteiger partial charge on any atom is 0.200 e. The number of phenols is 2. The van der Waals surface area contributed by atoms with Crippen LogP contribution in [0.2, 0.25) is 0 Å². The molecule has 1 heterocycles. The maximum atomic E-state index is 10.1. The molecular formula is C18H13N3O2S. The van der Waals surface area contributed by atoms with E-state index in [-0.39, 0.29) is 11.5 Å². The second-order valence-corrected chi connectivity index (χ2v) is 5.81. The summed E-state index contributed by atoms with van der Waals surface area (Å²) in [5.41, 5.74) is 1.32. The van der Waals surface area contributed by atoms with E-state index in [9.17, 15) is 10.2 Å². The van der Waals surface area contributed by atoms with Crippen LogP contribution in [0.3, 0.4) is 0 Å². The van der Waals surface area contributed by atoms with Crippen molar-refractivity contribution in [2.24, 2.45) is 0 Å². The number of nitrogens with zero attached hydrogens (tertiary/aromatic N) is 2. The first-order valence-electron chi connectivity index (χ1n) is 7.32. The molecule has 0 aliphatic carbocycles. The van der Waals surface area contributed by atoms with Gasteiger partial charge in [0, 0.05) is 6.07 Å². The molecule has 0 radical (unpaired) electrons. The van der Waals surface area contributed by atoms with Crippen molar-refractivity contribution in [3.63, 3.8) is 0 Å². The molecule has 0 spiro atoms. The van der Waals surface area contributed by atoms with E-state index in [1.807, 2.05) is 42.5 Å². The summed E-state index contributed by atoms with van der Waals surface area (Å²) in [6.07, 6.45) is 0. The highest BCUT2D eigenvalue weighted by Gasteiger charge is 2.15. The number of H-pyrrole nitrogens is 1. The van der Waals surface area contributed by atoms with Crippen LogP contribution in [0.5, 0.6) is 11.5 Å². The van der Waals surface area contributed by atoms with Crippen molar-refractivity contribution in [3.8, 4) is 28.6 Å². The van der Waals surface area contributed by atoms with Gasteiger partial charge in [-0.1, -0.05) is 30.3 Å². The fraction of sp³-hybridized carbons (Fsp3) is 0. The number of nitrogens with one attached hydrogen (secondary N) is 1. The number of phenolic OH excluding ortho intramolecular Hbond substituents is 2. The van der Waals surface area contributed by atoms with E-state index in [0.29, 0.717) is 16.2 Å². The number of aromatic amines is 1. The molecule has 3 aromatic carbocycles. The average Bonchev–Trinajstić information content (AvgIpc) is 2.96. The van der Waals surface area contributed by atoms with Crippen LogP contribution in [0.15, 0.2) is 60.7 Å². The molecule has 1 aromatic heterocycles. The Morgan fingerprint density at radius 3 is 2.50 bits per heavy atom. The Kier molecular flexibility index (Phi) is 3.32. The van der Waals surface area contributed by atoms with Crippen molar-refractivity contribution in [1.29, 1.82) is 0 Å². The first kappa shape index (κ1) is 14.5. The van der Waals surface area contributed by atoms with Gasteiger partial charge in [0.2, 0.25) is 0 Å². The second-order valence-electron chi connectivity index (χ2n) is 5.42. The van der Waals surface area contributed by atoms with Gasteiger partial charge in [-0.3, -0.25) is 9.67 Å². The van der Waals surface area contributed by atoms with E-state index in [2.05, 4.69) is 10.2 Å². The van der Waals surface area contributed by atoms with Crippen LogP contribution in [-0.4, -0.2) is 25.0 Å². The van der Waals surface area contributed by atoms with Crippen LogP contribution in [0.1, 0.15) is 0 Å². The molecule has 0 unspecified atom stereocenters. The quantitative estimate of drug-likeness (QED) is 0.481. The van der Waals surface area contributed by atoms with Gasteiger partial charge in [0.15, 0.2) is 10.6 Å². The summed E-state index contributed by atoms with van der Waals surface area (Å²) in [5.74, 6) is 0.404.